The summed E-state index contributed by atoms with van der Waals surface area (Å²) in [5, 5.41) is 2.64. The summed E-state index contributed by atoms with van der Waals surface area (Å²) in [7, 11) is 0. The van der Waals surface area contributed by atoms with Crippen molar-refractivity contribution in [1.82, 2.24) is 0 Å². The smallest absolute Gasteiger partial charge is 0.0675 e. The molecule has 0 bridgehead atoms. The second kappa shape index (κ2) is 5.24. The molecule has 0 fully saturated rings. The molecule has 0 unspecified atom stereocenters. The highest BCUT2D eigenvalue weighted by Crippen LogP contribution is 2.02. The highest BCUT2D eigenvalue weighted by molar-refractivity contribution is 5.15. The Hall–Kier alpha value is -1.44. The highest BCUT2D eigenvalue weighted by atomic mass is 16.2. The number of nitrogens with zero attached hydrogens (tertiary/aromatic N) is 1. The topological polar surface area (TPSA) is 29.4 Å². The van der Waals surface area contributed by atoms with Gasteiger partial charge in [-0.25, -0.2) is 0 Å². The molecule has 0 atom stereocenters. The van der Waals surface area contributed by atoms with Crippen LogP contribution in [0.4, 0.5) is 0 Å². The molecule has 0 radical (unpaired) electrons. The van der Waals surface area contributed by atoms with Crippen molar-refractivity contribution < 1.29 is 0 Å². The number of hydrogen-bond acceptors (Lipinski definition) is 2. The third-order valence-corrected chi connectivity index (χ3v) is 1.61. The number of nitroso groups, excluding NO2 is 1. The van der Waals surface area contributed by atoms with Crippen molar-refractivity contribution in [2.75, 3.05) is 0 Å². The molecule has 0 spiro atoms. The van der Waals surface area contributed by atoms with Crippen LogP contribution in [0.2, 0.25) is 0 Å². The molecule has 2 heteroatoms. The molecule has 0 heterocycles. The van der Waals surface area contributed by atoms with E-state index >= 15 is 0 Å². The van der Waals surface area contributed by atoms with Gasteiger partial charge >= 0.3 is 0 Å². The molecule has 0 aliphatic heterocycles. The van der Waals surface area contributed by atoms with Crippen molar-refractivity contribution in [1.29, 1.82) is 0 Å². The van der Waals surface area contributed by atoms with E-state index in [1.165, 1.54) is 11.8 Å². The van der Waals surface area contributed by atoms with Crippen LogP contribution in [0, 0.1) is 4.91 Å². The molecule has 12 heavy (non-hydrogen) atoms. The van der Waals surface area contributed by atoms with Gasteiger partial charge in [-0.05, 0) is 23.6 Å². The van der Waals surface area contributed by atoms with Gasteiger partial charge in [-0.3, -0.25) is 0 Å². The number of allylic oxidation sites excluding steroid dienone is 1. The Morgan fingerprint density at radius 3 is 2.67 bits per heavy atom. The minimum absolute atomic E-state index is 0.871. The van der Waals surface area contributed by atoms with Gasteiger partial charge in [-0.15, -0.1) is 4.91 Å². The van der Waals surface area contributed by atoms with Crippen LogP contribution in [0.1, 0.15) is 12.0 Å². The molecule has 2 nitrogen and oxygen atoms in total. The number of aryl methyl sites for hydroxylation is 1. The lowest BCUT2D eigenvalue weighted by Gasteiger charge is -1.94. The van der Waals surface area contributed by atoms with Gasteiger partial charge in [-0.2, -0.15) is 0 Å². The summed E-state index contributed by atoms with van der Waals surface area (Å²) in [6, 6.07) is 10.2. The van der Waals surface area contributed by atoms with Crippen LogP contribution < -0.4 is 0 Å². The third kappa shape index (κ3) is 3.10. The van der Waals surface area contributed by atoms with E-state index in [2.05, 4.69) is 17.3 Å². The Morgan fingerprint density at radius 1 is 1.25 bits per heavy atom. The maximum Gasteiger partial charge on any atom is 0.0675 e. The molecule has 0 aliphatic carbocycles. The molecule has 0 saturated heterocycles. The van der Waals surface area contributed by atoms with Gasteiger partial charge in [-0.1, -0.05) is 36.4 Å². The monoisotopic (exact) mass is 161 g/mol. The van der Waals surface area contributed by atoms with Gasteiger partial charge in [0.1, 0.15) is 0 Å². The van der Waals surface area contributed by atoms with E-state index in [0.717, 1.165) is 12.8 Å². The van der Waals surface area contributed by atoms with Crippen molar-refractivity contribution in [3.63, 3.8) is 0 Å². The first kappa shape index (κ1) is 8.65. The largest absolute Gasteiger partial charge is 0.145 e. The van der Waals surface area contributed by atoms with E-state index in [4.69, 9.17) is 0 Å². The zero-order valence-corrected chi connectivity index (χ0v) is 6.81. The molecule has 62 valence electrons. The maximum atomic E-state index is 9.68. The SMILES string of the molecule is O=NC=CCCc1ccccc1. The van der Waals surface area contributed by atoms with Crippen LogP contribution in [0.3, 0.4) is 0 Å². The fraction of sp³-hybridized carbons (Fsp3) is 0.200. The Bertz CT molecular complexity index is 254. The molecule has 0 aliphatic rings. The van der Waals surface area contributed by atoms with E-state index in [-0.39, 0.29) is 0 Å². The predicted octanol–water partition coefficient (Wildman–Crippen LogP) is 2.90. The van der Waals surface area contributed by atoms with Gasteiger partial charge in [0.05, 0.1) is 6.20 Å². The first-order valence-corrected chi connectivity index (χ1v) is 3.95. The lowest BCUT2D eigenvalue weighted by molar-refractivity contribution is 0.998. The van der Waals surface area contributed by atoms with Crippen molar-refractivity contribution in [3.8, 4) is 0 Å². The summed E-state index contributed by atoms with van der Waals surface area (Å²) in [5.74, 6) is 0. The number of benzene rings is 1. The number of rotatable bonds is 4. The summed E-state index contributed by atoms with van der Waals surface area (Å²) >= 11 is 0. The van der Waals surface area contributed by atoms with Crippen molar-refractivity contribution in [3.05, 3.63) is 53.1 Å². The van der Waals surface area contributed by atoms with Gasteiger partial charge in [0, 0.05) is 0 Å². The Balaban J connectivity index is 2.33. The molecule has 0 saturated carbocycles. The molecule has 1 aromatic carbocycles. The van der Waals surface area contributed by atoms with Crippen molar-refractivity contribution in [2.45, 2.75) is 12.8 Å². The van der Waals surface area contributed by atoms with Crippen LogP contribution in [0.25, 0.3) is 0 Å². The van der Waals surface area contributed by atoms with Gasteiger partial charge in [0.2, 0.25) is 0 Å². The summed E-state index contributed by atoms with van der Waals surface area (Å²) in [5.41, 5.74) is 1.29. The zero-order valence-electron chi connectivity index (χ0n) is 6.81. The van der Waals surface area contributed by atoms with Crippen LogP contribution in [-0.2, 0) is 6.42 Å². The van der Waals surface area contributed by atoms with E-state index in [0.29, 0.717) is 0 Å². The normalized spacial score (nSPS) is 10.3. The minimum atomic E-state index is 0.871. The molecule has 0 amide bonds. The molecule has 1 rings (SSSR count). The number of hydrogen-bond donors (Lipinski definition) is 0. The van der Waals surface area contributed by atoms with Gasteiger partial charge in [0.25, 0.3) is 0 Å². The Kier molecular flexibility index (Phi) is 3.78. The first-order valence-electron chi connectivity index (χ1n) is 3.95. The van der Waals surface area contributed by atoms with Crippen molar-refractivity contribution >= 4 is 0 Å². The molecule has 1 aromatic rings. The first-order chi connectivity index (χ1) is 5.93. The minimum Gasteiger partial charge on any atom is -0.145 e. The summed E-state index contributed by atoms with van der Waals surface area (Å²) < 4.78 is 0. The third-order valence-electron chi connectivity index (χ3n) is 1.61. The lowest BCUT2D eigenvalue weighted by atomic mass is 10.1. The second-order valence-corrected chi connectivity index (χ2v) is 2.51. The molecular formula is C10H11NO. The molecule has 0 aromatic heterocycles. The van der Waals surface area contributed by atoms with Gasteiger partial charge in [0.15, 0.2) is 0 Å². The van der Waals surface area contributed by atoms with Crippen LogP contribution in [0.5, 0.6) is 0 Å². The van der Waals surface area contributed by atoms with E-state index in [9.17, 15) is 4.91 Å². The average molecular weight is 161 g/mol. The van der Waals surface area contributed by atoms with Crippen molar-refractivity contribution in [2.24, 2.45) is 5.18 Å². The Morgan fingerprint density at radius 2 is 2.00 bits per heavy atom. The molecular weight excluding hydrogens is 150 g/mol. The van der Waals surface area contributed by atoms with Crippen LogP contribution in [0.15, 0.2) is 47.8 Å². The quantitative estimate of drug-likeness (QED) is 0.624. The van der Waals surface area contributed by atoms with Gasteiger partial charge < -0.3 is 0 Å². The summed E-state index contributed by atoms with van der Waals surface area (Å²) in [4.78, 5) is 9.68. The van der Waals surface area contributed by atoms with E-state index < -0.39 is 0 Å². The lowest BCUT2D eigenvalue weighted by Crippen LogP contribution is -1.80. The summed E-state index contributed by atoms with van der Waals surface area (Å²) in [6.45, 7) is 0. The highest BCUT2D eigenvalue weighted by Gasteiger charge is 1.87. The predicted molar refractivity (Wildman–Crippen MR) is 49.7 cm³/mol. The second-order valence-electron chi connectivity index (χ2n) is 2.51. The fourth-order valence-corrected chi connectivity index (χ4v) is 1.01. The maximum absolute atomic E-state index is 9.68. The Labute approximate surface area is 71.9 Å². The average Bonchev–Trinajstić information content (AvgIpc) is 2.14. The molecule has 0 N–H and O–H groups in total. The zero-order chi connectivity index (χ0) is 8.65. The van der Waals surface area contributed by atoms with Crippen LogP contribution in [-0.4, -0.2) is 0 Å². The van der Waals surface area contributed by atoms with E-state index in [1.807, 2.05) is 18.2 Å². The fourth-order valence-electron chi connectivity index (χ4n) is 1.01. The van der Waals surface area contributed by atoms with E-state index in [1.54, 1.807) is 6.08 Å². The summed E-state index contributed by atoms with van der Waals surface area (Å²) in [6.07, 6.45) is 4.91. The van der Waals surface area contributed by atoms with Crippen LogP contribution >= 0.6 is 0 Å². The standard InChI is InChI=1S/C10H11NO/c12-11-9-5-4-8-10-6-2-1-3-7-10/h1-3,5-7,9H,4,8H2.